The number of rotatable bonds is 12. The average molecular weight is 754 g/mol. The van der Waals surface area contributed by atoms with Crippen molar-refractivity contribution in [3.05, 3.63) is 55.8 Å². The molecule has 0 radical (unpaired) electrons. The van der Waals surface area contributed by atoms with Crippen molar-refractivity contribution in [2.45, 2.75) is 123 Å². The number of aromatic carboxylic acids is 1. The molecule has 288 valence electrons. The second kappa shape index (κ2) is 18.9. The topological polar surface area (TPSA) is 96.4 Å². The van der Waals surface area contributed by atoms with Crippen molar-refractivity contribution in [2.24, 2.45) is 0 Å². The van der Waals surface area contributed by atoms with Crippen molar-refractivity contribution in [1.29, 1.82) is 0 Å². The first-order chi connectivity index (χ1) is 24.7. The van der Waals surface area contributed by atoms with Crippen LogP contribution in [-0.2, 0) is 4.79 Å². The third-order valence-electron chi connectivity index (χ3n) is 11.5. The van der Waals surface area contributed by atoms with Crippen molar-refractivity contribution in [3.8, 4) is 0 Å². The van der Waals surface area contributed by atoms with E-state index in [0.717, 1.165) is 57.9 Å². The number of carboxylic acid groups (broad SMARTS) is 1. The Morgan fingerprint density at radius 3 is 1.54 bits per heavy atom. The van der Waals surface area contributed by atoms with Crippen molar-refractivity contribution in [3.63, 3.8) is 0 Å². The smallest absolute Gasteiger partial charge is 0.336 e. The minimum atomic E-state index is -0.817. The summed E-state index contributed by atoms with van der Waals surface area (Å²) >= 11 is 3.24. The highest BCUT2D eigenvalue weighted by molar-refractivity contribution is 7.15. The maximum atomic E-state index is 12.9. The molecule has 0 aliphatic heterocycles. The van der Waals surface area contributed by atoms with E-state index in [1.165, 1.54) is 56.4 Å². The van der Waals surface area contributed by atoms with Gasteiger partial charge in [0.15, 0.2) is 5.78 Å². The molecular formula is C41H63N5O4S2. The van der Waals surface area contributed by atoms with Gasteiger partial charge in [-0.25, -0.2) is 4.79 Å². The Hall–Kier alpha value is -2.99. The molecule has 0 atom stereocenters. The van der Waals surface area contributed by atoms with Crippen LogP contribution in [0.15, 0.2) is 33.6 Å². The predicted octanol–water partition coefficient (Wildman–Crippen LogP) is 8.17. The summed E-state index contributed by atoms with van der Waals surface area (Å²) in [7, 11) is 8.66. The lowest BCUT2D eigenvalue weighted by Crippen LogP contribution is -2.42. The lowest BCUT2D eigenvalue weighted by molar-refractivity contribution is -0.111. The molecule has 2 heterocycles. The third-order valence-corrected chi connectivity index (χ3v) is 13.8. The van der Waals surface area contributed by atoms with E-state index in [2.05, 4.69) is 73.9 Å². The van der Waals surface area contributed by atoms with Crippen molar-refractivity contribution in [1.82, 2.24) is 15.1 Å². The Bertz CT molecular complexity index is 1610. The average Bonchev–Trinajstić information content (AvgIpc) is 3.68. The van der Waals surface area contributed by atoms with Gasteiger partial charge in [-0.15, -0.1) is 22.7 Å². The largest absolute Gasteiger partial charge is 0.478 e. The normalized spacial score (nSPS) is 22.2. The lowest BCUT2D eigenvalue weighted by atomic mass is 9.89. The standard InChI is InChI=1S/C25H37N3O2S.C16H26N2O2S/c1-7-28(20-10-8-19(9-11-20)27(5)6)25-18(4)22(15-31-25)24(30)26-14-21-17(3)12-16(2)13-23(21)29;1-5-18(13-8-6-12(7-9-13)17(3)4)15-11(2)14(10-21-15)16(19)20/h13,15,19-20H,7-12,14H2,1-6H3,(H,26,30);10,12-13H,5-9H2,1-4H3,(H,19,20). The number of nitrogens with zero attached hydrogens (tertiary/aromatic N) is 4. The summed E-state index contributed by atoms with van der Waals surface area (Å²) < 4.78 is 0. The molecule has 3 aliphatic rings. The molecule has 11 heteroatoms. The number of nitrogens with one attached hydrogen (secondary N) is 1. The molecule has 5 rings (SSSR count). The first-order valence-electron chi connectivity index (χ1n) is 19.1. The number of ketones is 1. The van der Waals surface area contributed by atoms with Crippen LogP contribution >= 0.6 is 22.7 Å². The number of amides is 1. The molecule has 2 saturated carbocycles. The number of carbonyl (C=O) groups is 3. The Kier molecular flexibility index (Phi) is 15.1. The fourth-order valence-electron chi connectivity index (χ4n) is 8.32. The number of anilines is 2. The minimum absolute atomic E-state index is 0.0229. The number of hydrogen-bond acceptors (Lipinski definition) is 9. The second-order valence-corrected chi connectivity index (χ2v) is 17.1. The quantitative estimate of drug-likeness (QED) is 0.224. The van der Waals surface area contributed by atoms with Gasteiger partial charge in [-0.3, -0.25) is 9.59 Å². The molecule has 1 amide bonds. The minimum Gasteiger partial charge on any atom is -0.478 e. The number of carboxylic acids is 1. The zero-order valence-electron chi connectivity index (χ0n) is 33.3. The number of hydrogen-bond donors (Lipinski definition) is 2. The fourth-order valence-corrected chi connectivity index (χ4v) is 10.7. The molecule has 2 aromatic rings. The molecule has 9 nitrogen and oxygen atoms in total. The van der Waals surface area contributed by atoms with E-state index in [-0.39, 0.29) is 11.7 Å². The third kappa shape index (κ3) is 9.95. The van der Waals surface area contributed by atoms with E-state index in [4.69, 9.17) is 0 Å². The molecule has 52 heavy (non-hydrogen) atoms. The van der Waals surface area contributed by atoms with Crippen molar-refractivity contribution in [2.75, 3.05) is 57.6 Å². The highest BCUT2D eigenvalue weighted by Gasteiger charge is 2.30. The summed E-state index contributed by atoms with van der Waals surface area (Å²) in [5, 5.41) is 18.3. The zero-order valence-corrected chi connectivity index (χ0v) is 34.9. The molecule has 2 N–H and O–H groups in total. The number of allylic oxidation sites excluding steroid dienone is 3. The van der Waals surface area contributed by atoms with E-state index in [1.54, 1.807) is 34.1 Å². The molecule has 0 aromatic carbocycles. The van der Waals surface area contributed by atoms with E-state index in [0.29, 0.717) is 36.3 Å². The molecule has 0 spiro atoms. The summed E-state index contributed by atoms with van der Waals surface area (Å²) in [6.07, 6.45) is 12.2. The maximum absolute atomic E-state index is 12.9. The molecule has 0 bridgehead atoms. The van der Waals surface area contributed by atoms with Crippen LogP contribution in [0.5, 0.6) is 0 Å². The Morgan fingerprint density at radius 2 is 1.15 bits per heavy atom. The van der Waals surface area contributed by atoms with Crippen LogP contribution < -0.4 is 15.1 Å². The SMILES string of the molecule is CCN(c1scc(C(=O)NCC2=C(C)CC(C)=CC2=O)c1C)C1CCC(N(C)C)CC1.CCN(c1scc(C(=O)O)c1C)C1CCC(N(C)C)CC1. The summed E-state index contributed by atoms with van der Waals surface area (Å²) in [6, 6.07) is 2.46. The van der Waals surface area contributed by atoms with Gasteiger partial charge >= 0.3 is 5.97 Å². The molecule has 0 unspecified atom stereocenters. The zero-order chi connectivity index (χ0) is 38.3. The maximum Gasteiger partial charge on any atom is 0.336 e. The van der Waals surface area contributed by atoms with Crippen LogP contribution in [0.2, 0.25) is 0 Å². The number of thiophene rings is 2. The van der Waals surface area contributed by atoms with Gasteiger partial charge in [-0.1, -0.05) is 11.1 Å². The Labute approximate surface area is 320 Å². The van der Waals surface area contributed by atoms with Gasteiger partial charge in [0.05, 0.1) is 21.1 Å². The Morgan fingerprint density at radius 1 is 0.731 bits per heavy atom. The first-order valence-corrected chi connectivity index (χ1v) is 20.9. The van der Waals surface area contributed by atoms with Gasteiger partial charge in [-0.05, 0) is 145 Å². The summed E-state index contributed by atoms with van der Waals surface area (Å²) in [4.78, 5) is 46.0. The van der Waals surface area contributed by atoms with Crippen LogP contribution in [0, 0.1) is 13.8 Å². The van der Waals surface area contributed by atoms with Crippen LogP contribution in [0.4, 0.5) is 10.0 Å². The molecular weight excluding hydrogens is 691 g/mol. The second-order valence-electron chi connectivity index (χ2n) is 15.4. The molecule has 3 aliphatic carbocycles. The molecule has 2 aromatic heterocycles. The first kappa shape index (κ1) is 41.8. The van der Waals surface area contributed by atoms with Gasteiger partial charge in [0, 0.05) is 60.1 Å². The van der Waals surface area contributed by atoms with E-state index in [9.17, 15) is 19.5 Å². The number of carbonyl (C=O) groups excluding carboxylic acids is 2. The van der Waals surface area contributed by atoms with Gasteiger partial charge < -0.3 is 30.0 Å². The fraction of sp³-hybridized carbons (Fsp3) is 0.634. The van der Waals surface area contributed by atoms with Gasteiger partial charge in [0.1, 0.15) is 0 Å². The molecule has 2 fully saturated rings. The van der Waals surface area contributed by atoms with Gasteiger partial charge in [-0.2, -0.15) is 0 Å². The molecule has 0 saturated heterocycles. The Balaban J connectivity index is 0.000000251. The van der Waals surface area contributed by atoms with Crippen molar-refractivity contribution >= 4 is 50.3 Å². The highest BCUT2D eigenvalue weighted by atomic mass is 32.1. The van der Waals surface area contributed by atoms with E-state index < -0.39 is 5.97 Å². The summed E-state index contributed by atoms with van der Waals surface area (Å²) in [5.41, 5.74) is 6.01. The van der Waals surface area contributed by atoms with Gasteiger partial charge in [0.2, 0.25) is 0 Å². The van der Waals surface area contributed by atoms with E-state index in [1.807, 2.05) is 26.2 Å². The van der Waals surface area contributed by atoms with Crippen LogP contribution in [0.1, 0.15) is 117 Å². The van der Waals surface area contributed by atoms with Crippen LogP contribution in [0.3, 0.4) is 0 Å². The van der Waals surface area contributed by atoms with Crippen LogP contribution in [-0.4, -0.2) is 105 Å². The monoisotopic (exact) mass is 753 g/mol. The summed E-state index contributed by atoms with van der Waals surface area (Å²) in [6.45, 7) is 14.5. The van der Waals surface area contributed by atoms with Crippen molar-refractivity contribution < 1.29 is 19.5 Å². The lowest BCUT2D eigenvalue weighted by Gasteiger charge is -2.39. The van der Waals surface area contributed by atoms with Crippen LogP contribution in [0.25, 0.3) is 0 Å². The van der Waals surface area contributed by atoms with E-state index >= 15 is 0 Å². The summed E-state index contributed by atoms with van der Waals surface area (Å²) in [5.74, 6) is -0.885. The highest BCUT2D eigenvalue weighted by Crippen LogP contribution is 2.38. The predicted molar refractivity (Wildman–Crippen MR) is 219 cm³/mol. The van der Waals surface area contributed by atoms with Gasteiger partial charge in [0.25, 0.3) is 5.91 Å².